The van der Waals surface area contributed by atoms with Crippen LogP contribution >= 0.6 is 15.9 Å². The van der Waals surface area contributed by atoms with Crippen molar-refractivity contribution in [1.29, 1.82) is 0 Å². The average Bonchev–Trinajstić information content (AvgIpc) is 2.47. The number of hydrogen-bond donors (Lipinski definition) is 3. The minimum atomic E-state index is -3.75. The van der Waals surface area contributed by atoms with Crippen LogP contribution in [0, 0.1) is 0 Å². The molecule has 1 saturated carbocycles. The summed E-state index contributed by atoms with van der Waals surface area (Å²) in [5, 5.41) is 12.0. The number of hydrogen-bond acceptors (Lipinski definition) is 4. The molecule has 116 valence electrons. The summed E-state index contributed by atoms with van der Waals surface area (Å²) in [6.07, 6.45) is 3.72. The summed E-state index contributed by atoms with van der Waals surface area (Å²) in [5.74, 6) is -0.0826. The van der Waals surface area contributed by atoms with Crippen molar-refractivity contribution in [3.8, 4) is 0 Å². The SMILES string of the molecule is N/C(=N/O)C1(NS(=O)(=O)c2cccc(Br)c2)CCCCC1. The average molecular weight is 376 g/mol. The molecule has 2 rings (SSSR count). The third-order valence-corrected chi connectivity index (χ3v) is 5.77. The molecule has 1 aromatic carbocycles. The van der Waals surface area contributed by atoms with E-state index in [9.17, 15) is 8.42 Å². The van der Waals surface area contributed by atoms with Crippen LogP contribution in [-0.2, 0) is 10.0 Å². The Morgan fingerprint density at radius 2 is 2.00 bits per heavy atom. The highest BCUT2D eigenvalue weighted by Crippen LogP contribution is 2.30. The maximum Gasteiger partial charge on any atom is 0.241 e. The van der Waals surface area contributed by atoms with Crippen molar-refractivity contribution in [1.82, 2.24) is 4.72 Å². The number of nitrogens with zero attached hydrogens (tertiary/aromatic N) is 1. The van der Waals surface area contributed by atoms with E-state index in [2.05, 4.69) is 25.8 Å². The first-order valence-corrected chi connectivity index (χ1v) is 8.95. The van der Waals surface area contributed by atoms with Gasteiger partial charge in [-0.25, -0.2) is 8.42 Å². The van der Waals surface area contributed by atoms with Gasteiger partial charge >= 0.3 is 0 Å². The predicted molar refractivity (Wildman–Crippen MR) is 83.7 cm³/mol. The Bertz CT molecular complexity index is 640. The fraction of sp³-hybridized carbons (Fsp3) is 0.462. The van der Waals surface area contributed by atoms with Crippen LogP contribution in [0.4, 0.5) is 0 Å². The van der Waals surface area contributed by atoms with E-state index in [-0.39, 0.29) is 10.7 Å². The highest BCUT2D eigenvalue weighted by molar-refractivity contribution is 9.10. The van der Waals surface area contributed by atoms with Crippen molar-refractivity contribution >= 4 is 31.8 Å². The first-order chi connectivity index (χ1) is 9.89. The predicted octanol–water partition coefficient (Wildman–Crippen LogP) is 2.18. The van der Waals surface area contributed by atoms with Gasteiger partial charge in [0.25, 0.3) is 0 Å². The van der Waals surface area contributed by atoms with Gasteiger partial charge in [-0.05, 0) is 31.0 Å². The highest BCUT2D eigenvalue weighted by atomic mass is 79.9. The lowest BCUT2D eigenvalue weighted by atomic mass is 9.82. The molecule has 0 spiro atoms. The Hall–Kier alpha value is -1.12. The highest BCUT2D eigenvalue weighted by Gasteiger charge is 2.40. The van der Waals surface area contributed by atoms with Crippen LogP contribution in [0.1, 0.15) is 32.1 Å². The Labute approximate surface area is 132 Å². The molecule has 0 saturated heterocycles. The van der Waals surface area contributed by atoms with Gasteiger partial charge in [-0.2, -0.15) is 4.72 Å². The summed E-state index contributed by atoms with van der Waals surface area (Å²) >= 11 is 3.26. The molecular formula is C13H18BrN3O3S. The largest absolute Gasteiger partial charge is 0.409 e. The molecule has 1 aliphatic carbocycles. The lowest BCUT2D eigenvalue weighted by molar-refractivity contribution is 0.294. The molecule has 0 unspecified atom stereocenters. The van der Waals surface area contributed by atoms with Gasteiger partial charge in [0.1, 0.15) is 0 Å². The second-order valence-corrected chi connectivity index (χ2v) is 7.79. The van der Waals surface area contributed by atoms with E-state index < -0.39 is 15.6 Å². The van der Waals surface area contributed by atoms with Gasteiger partial charge in [-0.1, -0.05) is 46.4 Å². The number of benzene rings is 1. The van der Waals surface area contributed by atoms with E-state index in [1.807, 2.05) is 0 Å². The molecule has 8 heteroatoms. The normalized spacial score (nSPS) is 19.4. The summed E-state index contributed by atoms with van der Waals surface area (Å²) in [6, 6.07) is 6.43. The zero-order valence-electron chi connectivity index (χ0n) is 11.4. The van der Waals surface area contributed by atoms with Crippen molar-refractivity contribution < 1.29 is 13.6 Å². The molecule has 1 aromatic rings. The molecule has 0 heterocycles. The zero-order chi connectivity index (χ0) is 15.5. The van der Waals surface area contributed by atoms with Crippen molar-refractivity contribution in [2.45, 2.75) is 42.5 Å². The Morgan fingerprint density at radius 3 is 2.57 bits per heavy atom. The number of amidine groups is 1. The number of nitrogens with one attached hydrogen (secondary N) is 1. The quantitative estimate of drug-likeness (QED) is 0.324. The van der Waals surface area contributed by atoms with Crippen molar-refractivity contribution in [3.05, 3.63) is 28.7 Å². The first-order valence-electron chi connectivity index (χ1n) is 6.67. The van der Waals surface area contributed by atoms with Crippen molar-refractivity contribution in [2.24, 2.45) is 10.9 Å². The molecule has 0 atom stereocenters. The maximum atomic E-state index is 12.6. The van der Waals surface area contributed by atoms with E-state index in [1.165, 1.54) is 12.1 Å². The van der Waals surface area contributed by atoms with Crippen molar-refractivity contribution in [2.75, 3.05) is 0 Å². The van der Waals surface area contributed by atoms with Crippen LogP contribution in [0.15, 0.2) is 38.8 Å². The van der Waals surface area contributed by atoms with Crippen LogP contribution in [-0.4, -0.2) is 25.0 Å². The molecule has 0 bridgehead atoms. The van der Waals surface area contributed by atoms with Crippen LogP contribution in [0.2, 0.25) is 0 Å². The first kappa shape index (κ1) is 16.3. The van der Waals surface area contributed by atoms with Crippen LogP contribution in [0.25, 0.3) is 0 Å². The molecular weight excluding hydrogens is 358 g/mol. The minimum Gasteiger partial charge on any atom is -0.409 e. The third-order valence-electron chi connectivity index (χ3n) is 3.74. The fourth-order valence-corrected chi connectivity index (χ4v) is 4.64. The summed E-state index contributed by atoms with van der Waals surface area (Å²) < 4.78 is 28.4. The van der Waals surface area contributed by atoms with E-state index in [0.717, 1.165) is 19.3 Å². The van der Waals surface area contributed by atoms with Gasteiger partial charge in [0.15, 0.2) is 5.84 Å². The molecule has 0 amide bonds. The molecule has 6 nitrogen and oxygen atoms in total. The van der Waals surface area contributed by atoms with Gasteiger partial charge in [0, 0.05) is 4.47 Å². The second kappa shape index (κ2) is 6.33. The fourth-order valence-electron chi connectivity index (χ4n) is 2.61. The Kier molecular flexibility index (Phi) is 4.90. The van der Waals surface area contributed by atoms with Crippen LogP contribution in [0.5, 0.6) is 0 Å². The summed E-state index contributed by atoms with van der Waals surface area (Å²) in [6.45, 7) is 0. The molecule has 1 aliphatic rings. The number of oxime groups is 1. The molecule has 0 radical (unpaired) electrons. The lowest BCUT2D eigenvalue weighted by Crippen LogP contribution is -2.58. The van der Waals surface area contributed by atoms with Gasteiger partial charge < -0.3 is 10.9 Å². The Balaban J connectivity index is 2.36. The lowest BCUT2D eigenvalue weighted by Gasteiger charge is -2.36. The Morgan fingerprint density at radius 1 is 1.33 bits per heavy atom. The molecule has 21 heavy (non-hydrogen) atoms. The van der Waals surface area contributed by atoms with Crippen LogP contribution in [0.3, 0.4) is 0 Å². The monoisotopic (exact) mass is 375 g/mol. The smallest absolute Gasteiger partial charge is 0.241 e. The summed E-state index contributed by atoms with van der Waals surface area (Å²) in [7, 11) is -3.75. The number of sulfonamides is 1. The third kappa shape index (κ3) is 3.56. The number of nitrogens with two attached hydrogens (primary N) is 1. The number of halogens is 1. The van der Waals surface area contributed by atoms with Gasteiger partial charge in [-0.3, -0.25) is 0 Å². The molecule has 4 N–H and O–H groups in total. The summed E-state index contributed by atoms with van der Waals surface area (Å²) in [5.41, 5.74) is 4.76. The minimum absolute atomic E-state index is 0.0826. The van der Waals surface area contributed by atoms with Gasteiger partial charge in [0.2, 0.25) is 10.0 Å². The van der Waals surface area contributed by atoms with E-state index in [0.29, 0.717) is 17.3 Å². The number of rotatable bonds is 4. The molecule has 1 fully saturated rings. The van der Waals surface area contributed by atoms with E-state index in [1.54, 1.807) is 12.1 Å². The topological polar surface area (TPSA) is 105 Å². The zero-order valence-corrected chi connectivity index (χ0v) is 13.8. The maximum absolute atomic E-state index is 12.6. The molecule has 0 aromatic heterocycles. The van der Waals surface area contributed by atoms with Gasteiger partial charge in [-0.15, -0.1) is 0 Å². The molecule has 0 aliphatic heterocycles. The van der Waals surface area contributed by atoms with Gasteiger partial charge in [0.05, 0.1) is 10.4 Å². The second-order valence-electron chi connectivity index (χ2n) is 5.19. The summed E-state index contributed by atoms with van der Waals surface area (Å²) in [4.78, 5) is 0.146. The van der Waals surface area contributed by atoms with E-state index in [4.69, 9.17) is 10.9 Å². The van der Waals surface area contributed by atoms with Crippen LogP contribution < -0.4 is 10.5 Å². The van der Waals surface area contributed by atoms with E-state index >= 15 is 0 Å². The standard InChI is InChI=1S/C13H18BrN3O3S/c14-10-5-4-6-11(9-10)21(19,20)17-13(12(15)16-18)7-2-1-3-8-13/h4-6,9,17-18H,1-3,7-8H2,(H2,15,16). The van der Waals surface area contributed by atoms with Crippen molar-refractivity contribution in [3.63, 3.8) is 0 Å².